The smallest absolute Gasteiger partial charge is 0.334 e. The van der Waals surface area contributed by atoms with Crippen LogP contribution in [0.5, 0.6) is 0 Å². The molecule has 1 aliphatic carbocycles. The second kappa shape index (κ2) is 5.40. The van der Waals surface area contributed by atoms with Gasteiger partial charge in [-0.15, -0.1) is 0 Å². The highest BCUT2D eigenvalue weighted by Crippen LogP contribution is 2.37. The molecule has 1 amide bonds. The minimum Gasteiger partial charge on any atom is -0.479 e. The van der Waals surface area contributed by atoms with Gasteiger partial charge in [-0.2, -0.15) is 0 Å². The molecule has 2 aliphatic rings. The van der Waals surface area contributed by atoms with Crippen molar-refractivity contribution in [1.29, 1.82) is 0 Å². The summed E-state index contributed by atoms with van der Waals surface area (Å²) in [5.74, 6) is -4.98. The van der Waals surface area contributed by atoms with Crippen molar-refractivity contribution in [3.05, 3.63) is 0 Å². The van der Waals surface area contributed by atoms with Crippen LogP contribution in [-0.2, 0) is 14.3 Å². The SMILES string of the molecule is O=C(O)C1CN(C(=O)C2CCCC(F)(F)C2)CCO1. The topological polar surface area (TPSA) is 66.8 Å². The Labute approximate surface area is 109 Å². The average Bonchev–Trinajstić information content (AvgIpc) is 2.37. The van der Waals surface area contributed by atoms with Crippen molar-refractivity contribution >= 4 is 11.9 Å². The van der Waals surface area contributed by atoms with Gasteiger partial charge < -0.3 is 14.7 Å². The van der Waals surface area contributed by atoms with Crippen LogP contribution in [0, 0.1) is 5.92 Å². The van der Waals surface area contributed by atoms with Gasteiger partial charge in [0.2, 0.25) is 11.8 Å². The Hall–Kier alpha value is -1.24. The van der Waals surface area contributed by atoms with Crippen LogP contribution in [-0.4, -0.2) is 53.6 Å². The molecule has 19 heavy (non-hydrogen) atoms. The van der Waals surface area contributed by atoms with Crippen LogP contribution in [0.2, 0.25) is 0 Å². The highest BCUT2D eigenvalue weighted by Gasteiger charge is 2.41. The van der Waals surface area contributed by atoms with Crippen LogP contribution in [0.25, 0.3) is 0 Å². The van der Waals surface area contributed by atoms with Crippen LogP contribution < -0.4 is 0 Å². The minimum absolute atomic E-state index is 0.0593. The predicted octanol–water partition coefficient (Wildman–Crippen LogP) is 1.12. The normalized spacial score (nSPS) is 30.9. The molecule has 0 aromatic rings. The lowest BCUT2D eigenvalue weighted by Gasteiger charge is -2.36. The summed E-state index contributed by atoms with van der Waals surface area (Å²) in [6, 6.07) is 0. The maximum Gasteiger partial charge on any atom is 0.334 e. The summed E-state index contributed by atoms with van der Waals surface area (Å²) < 4.78 is 31.6. The van der Waals surface area contributed by atoms with Gasteiger partial charge in [0, 0.05) is 25.3 Å². The van der Waals surface area contributed by atoms with Crippen molar-refractivity contribution in [1.82, 2.24) is 4.90 Å². The molecule has 7 heteroatoms. The van der Waals surface area contributed by atoms with E-state index in [4.69, 9.17) is 9.84 Å². The zero-order chi connectivity index (χ0) is 14.0. The molecule has 1 aliphatic heterocycles. The summed E-state index contributed by atoms with van der Waals surface area (Å²) in [5, 5.41) is 8.85. The molecule has 0 aromatic carbocycles. The lowest BCUT2D eigenvalue weighted by atomic mass is 9.85. The van der Waals surface area contributed by atoms with E-state index in [9.17, 15) is 18.4 Å². The number of halogens is 2. The number of rotatable bonds is 2. The number of carbonyl (C=O) groups is 2. The average molecular weight is 277 g/mol. The van der Waals surface area contributed by atoms with Crippen LogP contribution in [0.15, 0.2) is 0 Å². The molecular weight excluding hydrogens is 260 g/mol. The van der Waals surface area contributed by atoms with Gasteiger partial charge in [-0.1, -0.05) is 0 Å². The molecule has 0 aromatic heterocycles. The number of hydrogen-bond acceptors (Lipinski definition) is 3. The standard InChI is InChI=1S/C12H17F2NO4/c13-12(14)3-1-2-8(6-12)10(16)15-4-5-19-9(7-15)11(17)18/h8-9H,1-7H2,(H,17,18). The molecule has 0 spiro atoms. The summed E-state index contributed by atoms with van der Waals surface area (Å²) in [5.41, 5.74) is 0. The molecule has 1 saturated carbocycles. The molecule has 2 rings (SSSR count). The van der Waals surface area contributed by atoms with Gasteiger partial charge in [-0.25, -0.2) is 13.6 Å². The lowest BCUT2D eigenvalue weighted by Crippen LogP contribution is -2.51. The Morgan fingerprint density at radius 2 is 2.11 bits per heavy atom. The van der Waals surface area contributed by atoms with Gasteiger partial charge in [-0.3, -0.25) is 4.79 Å². The summed E-state index contributed by atoms with van der Waals surface area (Å²) in [6.45, 7) is 0.340. The van der Waals surface area contributed by atoms with E-state index >= 15 is 0 Å². The predicted molar refractivity (Wildman–Crippen MR) is 60.9 cm³/mol. The van der Waals surface area contributed by atoms with E-state index in [2.05, 4.69) is 0 Å². The number of hydrogen-bond donors (Lipinski definition) is 1. The molecule has 2 unspecified atom stereocenters. The van der Waals surface area contributed by atoms with Gasteiger partial charge in [-0.05, 0) is 12.8 Å². The number of amides is 1. The summed E-state index contributed by atoms with van der Waals surface area (Å²) in [7, 11) is 0. The van der Waals surface area contributed by atoms with Crippen LogP contribution in [0.3, 0.4) is 0 Å². The van der Waals surface area contributed by atoms with E-state index in [0.717, 1.165) is 0 Å². The van der Waals surface area contributed by atoms with E-state index in [1.54, 1.807) is 0 Å². The van der Waals surface area contributed by atoms with Crippen LogP contribution in [0.1, 0.15) is 25.7 Å². The fraction of sp³-hybridized carbons (Fsp3) is 0.833. The second-order valence-electron chi connectivity index (χ2n) is 5.13. The molecule has 0 bridgehead atoms. The van der Waals surface area contributed by atoms with Crippen molar-refractivity contribution in [2.45, 2.75) is 37.7 Å². The Bertz CT molecular complexity index is 375. The van der Waals surface area contributed by atoms with Crippen molar-refractivity contribution in [3.63, 3.8) is 0 Å². The third kappa shape index (κ3) is 3.40. The first-order valence-corrected chi connectivity index (χ1v) is 6.40. The van der Waals surface area contributed by atoms with E-state index in [1.807, 2.05) is 0 Å². The molecule has 0 radical (unpaired) electrons. The molecular formula is C12H17F2NO4. The maximum absolute atomic E-state index is 13.3. The Balaban J connectivity index is 1.97. The van der Waals surface area contributed by atoms with Crippen molar-refractivity contribution in [2.24, 2.45) is 5.92 Å². The monoisotopic (exact) mass is 277 g/mol. The zero-order valence-electron chi connectivity index (χ0n) is 10.5. The number of carboxylic acids is 1. The molecule has 108 valence electrons. The zero-order valence-corrected chi connectivity index (χ0v) is 10.5. The highest BCUT2D eigenvalue weighted by atomic mass is 19.3. The van der Waals surface area contributed by atoms with Gasteiger partial charge in [0.15, 0.2) is 6.10 Å². The summed E-state index contributed by atoms with van der Waals surface area (Å²) >= 11 is 0. The maximum atomic E-state index is 13.3. The van der Waals surface area contributed by atoms with Gasteiger partial charge >= 0.3 is 5.97 Å². The van der Waals surface area contributed by atoms with Crippen molar-refractivity contribution in [2.75, 3.05) is 19.7 Å². The fourth-order valence-electron chi connectivity index (χ4n) is 2.64. The lowest BCUT2D eigenvalue weighted by molar-refractivity contribution is -0.162. The second-order valence-corrected chi connectivity index (χ2v) is 5.13. The molecule has 1 N–H and O–H groups in total. The number of carbonyl (C=O) groups excluding carboxylic acids is 1. The fourth-order valence-corrected chi connectivity index (χ4v) is 2.64. The number of alkyl halides is 2. The van der Waals surface area contributed by atoms with Gasteiger partial charge in [0.05, 0.1) is 13.2 Å². The Morgan fingerprint density at radius 1 is 1.37 bits per heavy atom. The van der Waals surface area contributed by atoms with Crippen molar-refractivity contribution in [3.8, 4) is 0 Å². The van der Waals surface area contributed by atoms with Gasteiger partial charge in [0.1, 0.15) is 0 Å². The highest BCUT2D eigenvalue weighted by molar-refractivity contribution is 5.80. The molecule has 2 atom stereocenters. The Kier molecular flexibility index (Phi) is 4.03. The number of ether oxygens (including phenoxy) is 1. The first-order valence-electron chi connectivity index (χ1n) is 6.40. The first-order chi connectivity index (χ1) is 8.89. The summed E-state index contributed by atoms with van der Waals surface area (Å²) in [4.78, 5) is 24.3. The molecule has 5 nitrogen and oxygen atoms in total. The summed E-state index contributed by atoms with van der Waals surface area (Å²) in [6.07, 6.45) is -0.875. The molecule has 1 heterocycles. The van der Waals surface area contributed by atoms with Gasteiger partial charge in [0.25, 0.3) is 0 Å². The number of aliphatic carboxylic acids is 1. The van der Waals surface area contributed by atoms with E-state index < -0.39 is 30.3 Å². The van der Waals surface area contributed by atoms with Crippen LogP contribution in [0.4, 0.5) is 8.78 Å². The Morgan fingerprint density at radius 3 is 2.74 bits per heavy atom. The van der Waals surface area contributed by atoms with Crippen LogP contribution >= 0.6 is 0 Å². The first kappa shape index (κ1) is 14.2. The quantitative estimate of drug-likeness (QED) is 0.821. The van der Waals surface area contributed by atoms with Crippen molar-refractivity contribution < 1.29 is 28.2 Å². The van der Waals surface area contributed by atoms with E-state index in [-0.39, 0.29) is 32.0 Å². The molecule has 1 saturated heterocycles. The largest absolute Gasteiger partial charge is 0.479 e. The number of morpholine rings is 1. The van der Waals surface area contributed by atoms with E-state index in [1.165, 1.54) is 4.90 Å². The van der Waals surface area contributed by atoms with E-state index in [0.29, 0.717) is 12.8 Å². The third-order valence-electron chi connectivity index (χ3n) is 3.64. The minimum atomic E-state index is -2.78. The number of carboxylic acid groups (broad SMARTS) is 1. The third-order valence-corrected chi connectivity index (χ3v) is 3.64. The molecule has 2 fully saturated rings. The number of nitrogens with zero attached hydrogens (tertiary/aromatic N) is 1.